The van der Waals surface area contributed by atoms with Crippen molar-refractivity contribution in [2.45, 2.75) is 6.61 Å². The fourth-order valence-electron chi connectivity index (χ4n) is 2.72. The molecule has 1 amide bonds. The second kappa shape index (κ2) is 5.70. The maximum atomic E-state index is 11.1. The zero-order chi connectivity index (χ0) is 16.5. The van der Waals surface area contributed by atoms with Gasteiger partial charge in [0.05, 0.1) is 16.6 Å². The fraction of sp³-hybridized carbons (Fsp3) is 0.0526. The quantitative estimate of drug-likeness (QED) is 0.695. The molecule has 3 heterocycles. The molecule has 0 saturated carbocycles. The standard InChI is InChI=1S/C11H6N2O.C8H6O2/c14-10-4-2-7-1-3-9-8(5-6-12-9)11(7)13-10;9-8-7-4-2-1-3-6(7)5-10-8/h1-6H;1-4H,5H2. The number of carbonyl (C=O) groups excluding carboxylic acids is 2. The molecule has 2 aromatic carbocycles. The predicted octanol–water partition coefficient (Wildman–Crippen LogP) is 1.71. The van der Waals surface area contributed by atoms with Crippen LogP contribution < -0.4 is 10.6 Å². The summed E-state index contributed by atoms with van der Waals surface area (Å²) < 4.78 is 4.78. The van der Waals surface area contributed by atoms with Crippen molar-refractivity contribution in [3.05, 3.63) is 69.7 Å². The maximum absolute atomic E-state index is 11.1. The van der Waals surface area contributed by atoms with Crippen LogP contribution >= 0.6 is 0 Å². The number of carbonyl (C=O) groups is 2. The van der Waals surface area contributed by atoms with E-state index in [2.05, 4.69) is 9.98 Å². The van der Waals surface area contributed by atoms with E-state index in [1.165, 1.54) is 6.08 Å². The molecule has 0 bridgehead atoms. The monoisotopic (exact) mass is 316 g/mol. The van der Waals surface area contributed by atoms with Crippen LogP contribution in [-0.4, -0.2) is 18.1 Å². The van der Waals surface area contributed by atoms with Crippen molar-refractivity contribution < 1.29 is 14.3 Å². The second-order valence-electron chi connectivity index (χ2n) is 5.40. The molecular formula is C19H12N2O3. The molecule has 0 N–H and O–H groups in total. The molecule has 116 valence electrons. The Morgan fingerprint density at radius 1 is 1.00 bits per heavy atom. The van der Waals surface area contributed by atoms with Crippen LogP contribution in [0.25, 0.3) is 12.2 Å². The van der Waals surface area contributed by atoms with Crippen LogP contribution in [0.3, 0.4) is 0 Å². The third-order valence-corrected chi connectivity index (χ3v) is 3.90. The largest absolute Gasteiger partial charge is 0.457 e. The predicted molar refractivity (Wildman–Crippen MR) is 89.4 cm³/mol. The third kappa shape index (κ3) is 2.46. The Labute approximate surface area is 137 Å². The molecule has 0 atom stereocenters. The molecule has 0 aromatic heterocycles. The number of hydrogen-bond donors (Lipinski definition) is 0. The number of fused-ring (bicyclic) bond motifs is 4. The molecule has 5 rings (SSSR count). The Bertz CT molecular complexity index is 1050. The number of rotatable bonds is 0. The van der Waals surface area contributed by atoms with E-state index in [0.29, 0.717) is 12.2 Å². The highest BCUT2D eigenvalue weighted by Crippen LogP contribution is 2.18. The summed E-state index contributed by atoms with van der Waals surface area (Å²) in [6.45, 7) is 0.439. The first kappa shape index (κ1) is 14.3. The van der Waals surface area contributed by atoms with Crippen molar-refractivity contribution in [1.29, 1.82) is 0 Å². The van der Waals surface area contributed by atoms with Crippen LogP contribution in [0.5, 0.6) is 0 Å². The van der Waals surface area contributed by atoms with Crippen LogP contribution in [0.15, 0.2) is 52.5 Å². The van der Waals surface area contributed by atoms with E-state index >= 15 is 0 Å². The molecule has 2 aromatic rings. The normalized spacial score (nSPS) is 15.3. The Hall–Kier alpha value is -3.34. The molecule has 0 radical (unpaired) electrons. The summed E-state index contributed by atoms with van der Waals surface area (Å²) in [7, 11) is 0. The van der Waals surface area contributed by atoms with Gasteiger partial charge in [-0.1, -0.05) is 24.3 Å². The lowest BCUT2D eigenvalue weighted by Gasteiger charge is -2.01. The van der Waals surface area contributed by atoms with Gasteiger partial charge in [-0.2, -0.15) is 0 Å². The number of hydrogen-bond acceptors (Lipinski definition) is 4. The van der Waals surface area contributed by atoms with Crippen LogP contribution in [0.1, 0.15) is 21.5 Å². The summed E-state index contributed by atoms with van der Waals surface area (Å²) in [4.78, 5) is 30.1. The van der Waals surface area contributed by atoms with E-state index in [0.717, 1.165) is 27.4 Å². The lowest BCUT2D eigenvalue weighted by Crippen LogP contribution is -2.29. The van der Waals surface area contributed by atoms with Gasteiger partial charge in [0.1, 0.15) is 6.61 Å². The Balaban J connectivity index is 0.000000129. The van der Waals surface area contributed by atoms with E-state index in [4.69, 9.17) is 4.74 Å². The molecular weight excluding hydrogens is 304 g/mol. The summed E-state index contributed by atoms with van der Waals surface area (Å²) in [5.41, 5.74) is 3.57. The van der Waals surface area contributed by atoms with Crippen molar-refractivity contribution in [1.82, 2.24) is 0 Å². The zero-order valence-corrected chi connectivity index (χ0v) is 12.6. The van der Waals surface area contributed by atoms with Gasteiger partial charge in [-0.05, 0) is 24.3 Å². The first-order valence-corrected chi connectivity index (χ1v) is 7.45. The fourth-order valence-corrected chi connectivity index (χ4v) is 2.72. The molecule has 0 spiro atoms. The minimum atomic E-state index is -0.203. The number of cyclic esters (lactones) is 1. The summed E-state index contributed by atoms with van der Waals surface area (Å²) in [5.74, 6) is -0.401. The summed E-state index contributed by atoms with van der Waals surface area (Å²) >= 11 is 0. The number of nitrogens with zero attached hydrogens (tertiary/aromatic N) is 2. The van der Waals surface area contributed by atoms with E-state index in [1.807, 2.05) is 36.4 Å². The molecule has 0 aliphatic carbocycles. The van der Waals surface area contributed by atoms with Gasteiger partial charge in [0, 0.05) is 28.6 Å². The number of aliphatic imine (C=N–C) groups is 1. The molecule has 0 unspecified atom stereocenters. The van der Waals surface area contributed by atoms with E-state index in [9.17, 15) is 9.59 Å². The second-order valence-corrected chi connectivity index (χ2v) is 5.40. The smallest absolute Gasteiger partial charge is 0.338 e. The first-order valence-electron chi connectivity index (χ1n) is 7.45. The number of ether oxygens (including phenoxy) is 1. The minimum absolute atomic E-state index is 0.199. The first-order chi connectivity index (χ1) is 11.7. The van der Waals surface area contributed by atoms with Gasteiger partial charge in [0.15, 0.2) is 0 Å². The SMILES string of the molecule is O=C1C=Cc2ccc3c(c2=N1)=CC=N3.O=C1OCc2ccccc21. The number of esters is 1. The van der Waals surface area contributed by atoms with Crippen LogP contribution in [0.2, 0.25) is 0 Å². The topological polar surface area (TPSA) is 68.1 Å². The lowest BCUT2D eigenvalue weighted by atomic mass is 10.1. The van der Waals surface area contributed by atoms with E-state index < -0.39 is 0 Å². The zero-order valence-electron chi connectivity index (χ0n) is 12.6. The van der Waals surface area contributed by atoms with E-state index in [-0.39, 0.29) is 11.9 Å². The minimum Gasteiger partial charge on any atom is -0.457 e. The highest BCUT2D eigenvalue weighted by Gasteiger charge is 2.18. The van der Waals surface area contributed by atoms with Gasteiger partial charge in [0.2, 0.25) is 0 Å². The summed E-state index contributed by atoms with van der Waals surface area (Å²) in [5, 5.41) is 1.69. The van der Waals surface area contributed by atoms with Crippen LogP contribution in [0, 0.1) is 0 Å². The Kier molecular flexibility index (Phi) is 3.39. The summed E-state index contributed by atoms with van der Waals surface area (Å²) in [6, 6.07) is 11.3. The van der Waals surface area contributed by atoms with Crippen LogP contribution in [0.4, 0.5) is 5.69 Å². The van der Waals surface area contributed by atoms with Gasteiger partial charge < -0.3 is 4.74 Å². The molecule has 24 heavy (non-hydrogen) atoms. The van der Waals surface area contributed by atoms with Crippen molar-refractivity contribution in [2.24, 2.45) is 9.98 Å². The highest BCUT2D eigenvalue weighted by molar-refractivity contribution is 5.98. The van der Waals surface area contributed by atoms with Gasteiger partial charge in [-0.3, -0.25) is 9.79 Å². The van der Waals surface area contributed by atoms with Gasteiger partial charge in [-0.25, -0.2) is 9.79 Å². The van der Waals surface area contributed by atoms with Gasteiger partial charge >= 0.3 is 5.97 Å². The van der Waals surface area contributed by atoms with Gasteiger partial charge in [-0.15, -0.1) is 0 Å². The average Bonchev–Trinajstić information content (AvgIpc) is 3.23. The van der Waals surface area contributed by atoms with Crippen LogP contribution in [-0.2, 0) is 16.1 Å². The van der Waals surface area contributed by atoms with E-state index in [1.54, 1.807) is 18.4 Å². The molecule has 3 aliphatic heterocycles. The van der Waals surface area contributed by atoms with Crippen molar-refractivity contribution in [3.8, 4) is 0 Å². The molecule has 5 nitrogen and oxygen atoms in total. The molecule has 5 heteroatoms. The number of amides is 1. The maximum Gasteiger partial charge on any atom is 0.338 e. The molecule has 0 saturated heterocycles. The Morgan fingerprint density at radius 3 is 2.75 bits per heavy atom. The average molecular weight is 316 g/mol. The Morgan fingerprint density at radius 2 is 1.88 bits per heavy atom. The van der Waals surface area contributed by atoms with Crippen molar-refractivity contribution in [2.75, 3.05) is 0 Å². The van der Waals surface area contributed by atoms with Crippen molar-refractivity contribution >= 4 is 35.9 Å². The lowest BCUT2D eigenvalue weighted by molar-refractivity contribution is -0.113. The van der Waals surface area contributed by atoms with Crippen molar-refractivity contribution in [3.63, 3.8) is 0 Å². The summed E-state index contributed by atoms with van der Waals surface area (Å²) in [6.07, 6.45) is 6.87. The molecule has 3 aliphatic rings. The number of benzene rings is 2. The van der Waals surface area contributed by atoms with Gasteiger partial charge in [0.25, 0.3) is 5.91 Å². The highest BCUT2D eigenvalue weighted by atomic mass is 16.5. The third-order valence-electron chi connectivity index (χ3n) is 3.90. The molecule has 0 fully saturated rings.